The summed E-state index contributed by atoms with van der Waals surface area (Å²) in [7, 11) is 0. The number of halogens is 1. The average molecular weight is 229 g/mol. The van der Waals surface area contributed by atoms with Crippen molar-refractivity contribution in [3.05, 3.63) is 0 Å². The van der Waals surface area contributed by atoms with Gasteiger partial charge in [-0.2, -0.15) is 0 Å². The van der Waals surface area contributed by atoms with Gasteiger partial charge in [0.05, 0.1) is 6.10 Å². The Bertz CT molecular complexity index is 224. The summed E-state index contributed by atoms with van der Waals surface area (Å²) in [4.78, 5) is 2.45. The fourth-order valence-corrected chi connectivity index (χ4v) is 2.91. The molecule has 3 heteroatoms. The molecule has 0 amide bonds. The van der Waals surface area contributed by atoms with Gasteiger partial charge in [0, 0.05) is 32.0 Å². The maximum Gasteiger partial charge on any atom is 0.107 e. The molecule has 0 aromatic heterocycles. The molecule has 0 spiro atoms. The van der Waals surface area contributed by atoms with Gasteiger partial charge in [0.2, 0.25) is 0 Å². The third-order valence-electron chi connectivity index (χ3n) is 4.06. The minimum Gasteiger partial charge on any atom is -0.376 e. The molecule has 0 saturated carbocycles. The number of ether oxygens (including phenoxy) is 1. The summed E-state index contributed by atoms with van der Waals surface area (Å²) in [6.45, 7) is 8.13. The predicted octanol–water partition coefficient (Wildman–Crippen LogP) is 2.48. The van der Waals surface area contributed by atoms with E-state index in [0.717, 1.165) is 25.6 Å². The summed E-state index contributed by atoms with van der Waals surface area (Å²) < 4.78 is 19.3. The number of alkyl halides is 1. The molecule has 0 N–H and O–H groups in total. The molecular formula is C13H24FNO. The number of hydrogen-bond donors (Lipinski definition) is 0. The first-order valence-corrected chi connectivity index (χ1v) is 6.65. The van der Waals surface area contributed by atoms with E-state index in [1.165, 1.54) is 12.8 Å². The molecule has 4 atom stereocenters. The number of piperidine rings is 1. The molecular weight excluding hydrogens is 205 g/mol. The number of likely N-dealkylation sites (tertiary alicyclic amines) is 1. The van der Waals surface area contributed by atoms with E-state index in [1.807, 2.05) is 6.92 Å². The van der Waals surface area contributed by atoms with Gasteiger partial charge in [-0.05, 0) is 25.3 Å². The molecule has 0 aromatic rings. The van der Waals surface area contributed by atoms with Crippen molar-refractivity contribution in [2.75, 3.05) is 26.2 Å². The van der Waals surface area contributed by atoms with Gasteiger partial charge in [-0.1, -0.05) is 13.8 Å². The molecule has 0 bridgehead atoms. The minimum absolute atomic E-state index is 0.0611. The van der Waals surface area contributed by atoms with Crippen molar-refractivity contribution in [1.29, 1.82) is 0 Å². The second kappa shape index (κ2) is 5.46. The van der Waals surface area contributed by atoms with Crippen LogP contribution in [0.2, 0.25) is 0 Å². The van der Waals surface area contributed by atoms with Crippen LogP contribution in [0.25, 0.3) is 0 Å². The van der Waals surface area contributed by atoms with E-state index in [0.29, 0.717) is 13.0 Å². The highest BCUT2D eigenvalue weighted by Gasteiger charge is 2.32. The molecule has 0 aromatic carbocycles. The Balaban J connectivity index is 1.83. The molecule has 94 valence electrons. The van der Waals surface area contributed by atoms with E-state index in [2.05, 4.69) is 11.8 Å². The van der Waals surface area contributed by atoms with Crippen molar-refractivity contribution in [2.45, 2.75) is 45.4 Å². The van der Waals surface area contributed by atoms with Gasteiger partial charge >= 0.3 is 0 Å². The van der Waals surface area contributed by atoms with E-state index in [1.54, 1.807) is 0 Å². The van der Waals surface area contributed by atoms with Gasteiger partial charge in [0.1, 0.15) is 6.17 Å². The third kappa shape index (κ3) is 2.95. The van der Waals surface area contributed by atoms with Gasteiger partial charge in [-0.15, -0.1) is 0 Å². The highest BCUT2D eigenvalue weighted by molar-refractivity contribution is 4.82. The van der Waals surface area contributed by atoms with Gasteiger partial charge in [-0.25, -0.2) is 4.39 Å². The van der Waals surface area contributed by atoms with Crippen LogP contribution in [0.1, 0.15) is 33.1 Å². The highest BCUT2D eigenvalue weighted by atomic mass is 19.1. The first-order chi connectivity index (χ1) is 7.66. The fourth-order valence-electron chi connectivity index (χ4n) is 2.91. The van der Waals surface area contributed by atoms with Crippen LogP contribution in [0.15, 0.2) is 0 Å². The summed E-state index contributed by atoms with van der Waals surface area (Å²) in [5.74, 6) is 0.847. The van der Waals surface area contributed by atoms with Crippen LogP contribution in [0, 0.1) is 11.8 Å². The molecule has 2 saturated heterocycles. The zero-order valence-corrected chi connectivity index (χ0v) is 10.5. The van der Waals surface area contributed by atoms with Crippen molar-refractivity contribution in [2.24, 2.45) is 11.8 Å². The number of nitrogens with zero attached hydrogens (tertiary/aromatic N) is 1. The van der Waals surface area contributed by atoms with E-state index < -0.39 is 6.17 Å². The molecule has 16 heavy (non-hydrogen) atoms. The molecule has 0 unspecified atom stereocenters. The van der Waals surface area contributed by atoms with Crippen LogP contribution in [0.5, 0.6) is 0 Å². The van der Waals surface area contributed by atoms with Crippen molar-refractivity contribution >= 4 is 0 Å². The molecule has 2 nitrogen and oxygen atoms in total. The summed E-state index contributed by atoms with van der Waals surface area (Å²) >= 11 is 0. The van der Waals surface area contributed by atoms with Gasteiger partial charge in [0.25, 0.3) is 0 Å². The highest BCUT2D eigenvalue weighted by Crippen LogP contribution is 2.25. The van der Waals surface area contributed by atoms with Gasteiger partial charge in [0.15, 0.2) is 0 Å². The van der Waals surface area contributed by atoms with E-state index >= 15 is 0 Å². The lowest BCUT2D eigenvalue weighted by Gasteiger charge is -2.38. The maximum absolute atomic E-state index is 13.6. The van der Waals surface area contributed by atoms with Crippen LogP contribution in [-0.2, 0) is 4.74 Å². The van der Waals surface area contributed by atoms with E-state index in [4.69, 9.17) is 4.74 Å². The standard InChI is InChI=1S/C13H24FNO/c1-10-4-3-6-15(8-10)9-13-11(2)12(14)5-7-16-13/h10-13H,3-9H2,1-2H3/t10-,11-,12-,13-/m1/s1. The summed E-state index contributed by atoms with van der Waals surface area (Å²) in [5.41, 5.74) is 0. The Morgan fingerprint density at radius 3 is 2.88 bits per heavy atom. The van der Waals surface area contributed by atoms with Crippen LogP contribution < -0.4 is 0 Å². The molecule has 2 rings (SSSR count). The molecule has 0 radical (unpaired) electrons. The summed E-state index contributed by atoms with van der Waals surface area (Å²) in [6.07, 6.45) is 2.63. The molecule has 2 fully saturated rings. The molecule has 2 heterocycles. The lowest BCUT2D eigenvalue weighted by Crippen LogP contribution is -2.46. The quantitative estimate of drug-likeness (QED) is 0.721. The molecule has 2 aliphatic rings. The van der Waals surface area contributed by atoms with Gasteiger partial charge in [-0.3, -0.25) is 0 Å². The van der Waals surface area contributed by atoms with Crippen LogP contribution in [-0.4, -0.2) is 43.4 Å². The lowest BCUT2D eigenvalue weighted by atomic mass is 9.93. The first kappa shape index (κ1) is 12.3. The summed E-state index contributed by atoms with van der Waals surface area (Å²) in [6, 6.07) is 0. The Labute approximate surface area is 98.1 Å². The monoisotopic (exact) mass is 229 g/mol. The topological polar surface area (TPSA) is 12.5 Å². The number of rotatable bonds is 2. The zero-order valence-electron chi connectivity index (χ0n) is 10.5. The van der Waals surface area contributed by atoms with Crippen molar-refractivity contribution in [1.82, 2.24) is 4.90 Å². The van der Waals surface area contributed by atoms with Crippen molar-refractivity contribution in [3.63, 3.8) is 0 Å². The second-order valence-electron chi connectivity index (χ2n) is 5.58. The Kier molecular flexibility index (Phi) is 4.20. The first-order valence-electron chi connectivity index (χ1n) is 6.65. The maximum atomic E-state index is 13.6. The lowest BCUT2D eigenvalue weighted by molar-refractivity contribution is -0.0755. The normalized spacial score (nSPS) is 42.2. The van der Waals surface area contributed by atoms with Crippen molar-refractivity contribution in [3.8, 4) is 0 Å². The fraction of sp³-hybridized carbons (Fsp3) is 1.00. The van der Waals surface area contributed by atoms with E-state index in [9.17, 15) is 4.39 Å². The number of hydrogen-bond acceptors (Lipinski definition) is 2. The second-order valence-corrected chi connectivity index (χ2v) is 5.58. The van der Waals surface area contributed by atoms with E-state index in [-0.39, 0.29) is 12.0 Å². The predicted molar refractivity (Wildman–Crippen MR) is 63.3 cm³/mol. The largest absolute Gasteiger partial charge is 0.376 e. The Morgan fingerprint density at radius 1 is 1.31 bits per heavy atom. The molecule has 2 aliphatic heterocycles. The minimum atomic E-state index is -0.666. The van der Waals surface area contributed by atoms with Crippen LogP contribution in [0.4, 0.5) is 4.39 Å². The smallest absolute Gasteiger partial charge is 0.107 e. The van der Waals surface area contributed by atoms with Crippen LogP contribution in [0.3, 0.4) is 0 Å². The Morgan fingerprint density at radius 2 is 2.12 bits per heavy atom. The van der Waals surface area contributed by atoms with Crippen molar-refractivity contribution < 1.29 is 9.13 Å². The van der Waals surface area contributed by atoms with Gasteiger partial charge < -0.3 is 9.64 Å². The Hall–Kier alpha value is -0.150. The zero-order chi connectivity index (χ0) is 11.5. The third-order valence-corrected chi connectivity index (χ3v) is 4.06. The van der Waals surface area contributed by atoms with Crippen LogP contribution >= 0.6 is 0 Å². The summed E-state index contributed by atoms with van der Waals surface area (Å²) in [5, 5.41) is 0. The average Bonchev–Trinajstić information content (AvgIpc) is 2.25. The molecule has 0 aliphatic carbocycles. The SMILES string of the molecule is C[C@@H]1CCCN(C[C@H]2OCC[C@@H](F)[C@H]2C)C1.